The topological polar surface area (TPSA) is 58.2 Å². The molecule has 2 amide bonds. The van der Waals surface area contributed by atoms with Crippen LogP contribution in [0.5, 0.6) is 0 Å². The molecule has 2 aromatic rings. The highest BCUT2D eigenvalue weighted by Gasteiger charge is 2.09. The first-order chi connectivity index (χ1) is 11.0. The van der Waals surface area contributed by atoms with Gasteiger partial charge in [0.2, 0.25) is 5.91 Å². The Bertz CT molecular complexity index is 711. The predicted octanol–water partition coefficient (Wildman–Crippen LogP) is 3.39. The molecule has 0 atom stereocenters. The van der Waals surface area contributed by atoms with Crippen LogP contribution in [-0.4, -0.2) is 24.6 Å². The predicted molar refractivity (Wildman–Crippen MR) is 95.1 cm³/mol. The second kappa shape index (κ2) is 7.83. The van der Waals surface area contributed by atoms with Gasteiger partial charge in [-0.1, -0.05) is 6.07 Å². The highest BCUT2D eigenvalue weighted by atomic mass is 32.2. The molecule has 5 heteroatoms. The Morgan fingerprint density at radius 2 is 1.70 bits per heavy atom. The molecule has 23 heavy (non-hydrogen) atoms. The van der Waals surface area contributed by atoms with Gasteiger partial charge in [-0.3, -0.25) is 9.59 Å². The molecule has 0 saturated carbocycles. The Morgan fingerprint density at radius 3 is 2.30 bits per heavy atom. The standard InChI is InChI=1S/C18H20N2O2S/c1-12-4-5-14(10-13(12)2)18(22)19-11-17(21)20-15-6-8-16(23-3)9-7-15/h4-10H,11H2,1-3H3,(H,19,22)(H,20,21). The molecule has 2 rings (SSSR count). The maximum atomic E-state index is 12.1. The minimum absolute atomic E-state index is 0.0595. The van der Waals surface area contributed by atoms with E-state index >= 15 is 0 Å². The average molecular weight is 328 g/mol. The molecular formula is C18H20N2O2S. The molecule has 0 aliphatic heterocycles. The first-order valence-electron chi connectivity index (χ1n) is 7.29. The Morgan fingerprint density at radius 1 is 1.00 bits per heavy atom. The summed E-state index contributed by atoms with van der Waals surface area (Å²) in [6, 6.07) is 13.0. The van der Waals surface area contributed by atoms with Crippen molar-refractivity contribution >= 4 is 29.3 Å². The Kier molecular flexibility index (Phi) is 5.82. The van der Waals surface area contributed by atoms with E-state index in [0.717, 1.165) is 16.0 Å². The number of nitrogens with one attached hydrogen (secondary N) is 2. The number of amides is 2. The van der Waals surface area contributed by atoms with Crippen LogP contribution >= 0.6 is 11.8 Å². The summed E-state index contributed by atoms with van der Waals surface area (Å²) in [5.74, 6) is -0.500. The highest BCUT2D eigenvalue weighted by molar-refractivity contribution is 7.98. The minimum Gasteiger partial charge on any atom is -0.343 e. The molecule has 2 N–H and O–H groups in total. The third kappa shape index (κ3) is 4.86. The van der Waals surface area contributed by atoms with Gasteiger partial charge >= 0.3 is 0 Å². The van der Waals surface area contributed by atoms with Crippen molar-refractivity contribution in [2.45, 2.75) is 18.7 Å². The van der Waals surface area contributed by atoms with Crippen LogP contribution in [0.2, 0.25) is 0 Å². The molecule has 4 nitrogen and oxygen atoms in total. The van der Waals surface area contributed by atoms with Gasteiger partial charge in [-0.25, -0.2) is 0 Å². The number of rotatable bonds is 5. The molecule has 0 aliphatic rings. The largest absolute Gasteiger partial charge is 0.343 e. The molecule has 0 fully saturated rings. The molecular weight excluding hydrogens is 308 g/mol. The van der Waals surface area contributed by atoms with E-state index in [4.69, 9.17) is 0 Å². The van der Waals surface area contributed by atoms with Crippen molar-refractivity contribution in [2.75, 3.05) is 18.1 Å². The fourth-order valence-electron chi connectivity index (χ4n) is 2.02. The smallest absolute Gasteiger partial charge is 0.251 e. The van der Waals surface area contributed by atoms with Gasteiger partial charge in [0.25, 0.3) is 5.91 Å². The lowest BCUT2D eigenvalue weighted by Gasteiger charge is -2.08. The lowest BCUT2D eigenvalue weighted by Crippen LogP contribution is -2.32. The van der Waals surface area contributed by atoms with Crippen molar-refractivity contribution in [3.63, 3.8) is 0 Å². The van der Waals surface area contributed by atoms with Crippen molar-refractivity contribution in [1.29, 1.82) is 0 Å². The molecule has 0 aromatic heterocycles. The fourth-order valence-corrected chi connectivity index (χ4v) is 2.43. The normalized spacial score (nSPS) is 10.2. The molecule has 0 heterocycles. The second-order valence-corrected chi connectivity index (χ2v) is 6.14. The molecule has 0 bridgehead atoms. The number of aryl methyl sites for hydroxylation is 2. The van der Waals surface area contributed by atoms with Crippen LogP contribution in [0.1, 0.15) is 21.5 Å². The number of hydrogen-bond donors (Lipinski definition) is 2. The van der Waals surface area contributed by atoms with E-state index in [1.807, 2.05) is 56.5 Å². The zero-order chi connectivity index (χ0) is 16.8. The van der Waals surface area contributed by atoms with Gasteiger partial charge in [0.05, 0.1) is 6.54 Å². The van der Waals surface area contributed by atoms with E-state index < -0.39 is 0 Å². The third-order valence-corrected chi connectivity index (χ3v) is 4.30. The van der Waals surface area contributed by atoms with Crippen LogP contribution in [0.4, 0.5) is 5.69 Å². The number of benzene rings is 2. The number of carbonyl (C=O) groups excluding carboxylic acids is 2. The second-order valence-electron chi connectivity index (χ2n) is 5.26. The van der Waals surface area contributed by atoms with E-state index in [0.29, 0.717) is 11.3 Å². The summed E-state index contributed by atoms with van der Waals surface area (Å²) in [5.41, 5.74) is 3.46. The number of hydrogen-bond acceptors (Lipinski definition) is 3. The first-order valence-corrected chi connectivity index (χ1v) is 8.51. The van der Waals surface area contributed by atoms with Crippen molar-refractivity contribution in [3.8, 4) is 0 Å². The van der Waals surface area contributed by atoms with E-state index in [2.05, 4.69) is 10.6 Å². The van der Waals surface area contributed by atoms with Crippen LogP contribution in [0, 0.1) is 13.8 Å². The summed E-state index contributed by atoms with van der Waals surface area (Å²) in [6.45, 7) is 3.89. The maximum Gasteiger partial charge on any atom is 0.251 e. The lowest BCUT2D eigenvalue weighted by molar-refractivity contribution is -0.115. The Labute approximate surface area is 140 Å². The SMILES string of the molecule is CSc1ccc(NC(=O)CNC(=O)c2ccc(C)c(C)c2)cc1. The van der Waals surface area contributed by atoms with E-state index in [9.17, 15) is 9.59 Å². The number of anilines is 1. The van der Waals surface area contributed by atoms with Gasteiger partial charge in [0.15, 0.2) is 0 Å². The average Bonchev–Trinajstić information content (AvgIpc) is 2.56. The zero-order valence-corrected chi connectivity index (χ0v) is 14.3. The summed E-state index contributed by atoms with van der Waals surface area (Å²) in [6.07, 6.45) is 2.00. The quantitative estimate of drug-likeness (QED) is 0.827. The van der Waals surface area contributed by atoms with Crippen LogP contribution < -0.4 is 10.6 Å². The van der Waals surface area contributed by atoms with Crippen molar-refractivity contribution in [3.05, 3.63) is 59.2 Å². The van der Waals surface area contributed by atoms with Crippen LogP contribution in [0.25, 0.3) is 0 Å². The van der Waals surface area contributed by atoms with Crippen LogP contribution in [0.3, 0.4) is 0 Å². The Hall–Kier alpha value is -2.27. The number of thioether (sulfide) groups is 1. The summed E-state index contributed by atoms with van der Waals surface area (Å²) >= 11 is 1.64. The van der Waals surface area contributed by atoms with E-state index in [-0.39, 0.29) is 18.4 Å². The monoisotopic (exact) mass is 328 g/mol. The molecule has 0 saturated heterocycles. The van der Waals surface area contributed by atoms with Gasteiger partial charge in [-0.2, -0.15) is 0 Å². The fraction of sp³-hybridized carbons (Fsp3) is 0.222. The molecule has 0 radical (unpaired) electrons. The summed E-state index contributed by atoms with van der Waals surface area (Å²) < 4.78 is 0. The molecule has 120 valence electrons. The third-order valence-electron chi connectivity index (χ3n) is 3.55. The van der Waals surface area contributed by atoms with E-state index in [1.165, 1.54) is 0 Å². The zero-order valence-electron chi connectivity index (χ0n) is 13.5. The summed E-state index contributed by atoms with van der Waals surface area (Å²) in [7, 11) is 0. The van der Waals surface area contributed by atoms with Gasteiger partial charge in [0.1, 0.15) is 0 Å². The Balaban J connectivity index is 1.87. The van der Waals surface area contributed by atoms with Crippen molar-refractivity contribution in [1.82, 2.24) is 5.32 Å². The highest BCUT2D eigenvalue weighted by Crippen LogP contribution is 2.17. The lowest BCUT2D eigenvalue weighted by atomic mass is 10.1. The van der Waals surface area contributed by atoms with E-state index in [1.54, 1.807) is 17.8 Å². The number of carbonyl (C=O) groups is 2. The van der Waals surface area contributed by atoms with Crippen molar-refractivity contribution in [2.24, 2.45) is 0 Å². The van der Waals surface area contributed by atoms with Gasteiger partial charge in [-0.15, -0.1) is 11.8 Å². The molecule has 0 unspecified atom stereocenters. The molecule has 0 spiro atoms. The summed E-state index contributed by atoms with van der Waals surface area (Å²) in [4.78, 5) is 25.1. The molecule has 0 aliphatic carbocycles. The first kappa shape index (κ1) is 17.1. The van der Waals surface area contributed by atoms with Crippen molar-refractivity contribution < 1.29 is 9.59 Å². The summed E-state index contributed by atoms with van der Waals surface area (Å²) in [5, 5.41) is 5.39. The van der Waals surface area contributed by atoms with Gasteiger partial charge in [0, 0.05) is 16.1 Å². The minimum atomic E-state index is -0.251. The van der Waals surface area contributed by atoms with Gasteiger partial charge < -0.3 is 10.6 Å². The van der Waals surface area contributed by atoms with Gasteiger partial charge in [-0.05, 0) is 67.6 Å². The van der Waals surface area contributed by atoms with Crippen LogP contribution in [-0.2, 0) is 4.79 Å². The maximum absolute atomic E-state index is 12.1. The van der Waals surface area contributed by atoms with Crippen LogP contribution in [0.15, 0.2) is 47.4 Å². The molecule has 2 aromatic carbocycles.